The van der Waals surface area contributed by atoms with Crippen LogP contribution in [0.2, 0.25) is 5.15 Å². The molecule has 3 aromatic heterocycles. The van der Waals surface area contributed by atoms with Crippen LogP contribution in [-0.4, -0.2) is 36.8 Å². The highest BCUT2D eigenvalue weighted by Gasteiger charge is 2.20. The highest BCUT2D eigenvalue weighted by molar-refractivity contribution is 6.29. The van der Waals surface area contributed by atoms with Crippen LogP contribution in [0.1, 0.15) is 31.2 Å². The molecule has 0 atom stereocenters. The van der Waals surface area contributed by atoms with Crippen molar-refractivity contribution in [3.05, 3.63) is 41.3 Å². The molecule has 6 nitrogen and oxygen atoms in total. The van der Waals surface area contributed by atoms with Gasteiger partial charge in [-0.2, -0.15) is 0 Å². The van der Waals surface area contributed by atoms with Crippen LogP contribution in [0.4, 0.5) is 5.82 Å². The van der Waals surface area contributed by atoms with Gasteiger partial charge in [0.1, 0.15) is 11.0 Å². The molecule has 0 aromatic carbocycles. The third-order valence-electron chi connectivity index (χ3n) is 4.72. The number of aromatic nitrogens is 4. The van der Waals surface area contributed by atoms with Crippen LogP contribution in [0.3, 0.4) is 0 Å². The molecule has 0 amide bonds. The van der Waals surface area contributed by atoms with E-state index in [1.54, 1.807) is 6.20 Å². The van der Waals surface area contributed by atoms with Gasteiger partial charge in [-0.1, -0.05) is 11.6 Å². The summed E-state index contributed by atoms with van der Waals surface area (Å²) in [4.78, 5) is 8.53. The van der Waals surface area contributed by atoms with Crippen molar-refractivity contribution < 1.29 is 5.11 Å². The number of nitrogens with zero attached hydrogens (tertiary/aromatic N) is 4. The molecule has 1 fully saturated rings. The van der Waals surface area contributed by atoms with Crippen LogP contribution in [-0.2, 0) is 0 Å². The van der Waals surface area contributed by atoms with Crippen LogP contribution in [0, 0.1) is 6.92 Å². The summed E-state index contributed by atoms with van der Waals surface area (Å²) in [6, 6.07) is 6.08. The van der Waals surface area contributed by atoms with Crippen molar-refractivity contribution in [3.63, 3.8) is 0 Å². The van der Waals surface area contributed by atoms with E-state index in [-0.39, 0.29) is 6.10 Å². The summed E-state index contributed by atoms with van der Waals surface area (Å²) >= 11 is 6.02. The number of aryl methyl sites for hydroxylation is 1. The molecule has 130 valence electrons. The number of rotatable bonds is 3. The second-order valence-electron chi connectivity index (χ2n) is 6.61. The van der Waals surface area contributed by atoms with Gasteiger partial charge in [-0.3, -0.25) is 0 Å². The number of aliphatic hydroxyl groups excluding tert-OH is 1. The predicted molar refractivity (Wildman–Crippen MR) is 97.9 cm³/mol. The van der Waals surface area contributed by atoms with Crippen LogP contribution in [0.25, 0.3) is 16.9 Å². The Morgan fingerprint density at radius 3 is 2.76 bits per heavy atom. The van der Waals surface area contributed by atoms with E-state index in [1.165, 1.54) is 0 Å². The van der Waals surface area contributed by atoms with E-state index in [1.807, 2.05) is 35.8 Å². The molecule has 1 aliphatic rings. The quantitative estimate of drug-likeness (QED) is 0.702. The number of anilines is 1. The Morgan fingerprint density at radius 2 is 2.00 bits per heavy atom. The zero-order valence-corrected chi connectivity index (χ0v) is 14.7. The van der Waals surface area contributed by atoms with Crippen molar-refractivity contribution in [3.8, 4) is 11.3 Å². The number of aliphatic hydroxyl groups is 1. The van der Waals surface area contributed by atoms with Crippen molar-refractivity contribution in [1.29, 1.82) is 0 Å². The topological polar surface area (TPSA) is 75.3 Å². The second-order valence-corrected chi connectivity index (χ2v) is 7.00. The summed E-state index contributed by atoms with van der Waals surface area (Å²) in [5, 5.41) is 18.3. The molecular formula is C18H20ClN5O. The Hall–Kier alpha value is -2.18. The third kappa shape index (κ3) is 3.32. The lowest BCUT2D eigenvalue weighted by Crippen LogP contribution is -2.28. The Morgan fingerprint density at radius 1 is 1.20 bits per heavy atom. The van der Waals surface area contributed by atoms with Crippen LogP contribution in [0.5, 0.6) is 0 Å². The van der Waals surface area contributed by atoms with Crippen molar-refractivity contribution in [1.82, 2.24) is 19.6 Å². The van der Waals surface area contributed by atoms with Crippen molar-refractivity contribution in [2.45, 2.75) is 44.8 Å². The monoisotopic (exact) mass is 357 g/mol. The molecule has 0 bridgehead atoms. The van der Waals surface area contributed by atoms with Gasteiger partial charge >= 0.3 is 0 Å². The van der Waals surface area contributed by atoms with E-state index < -0.39 is 0 Å². The lowest BCUT2D eigenvalue weighted by Gasteiger charge is -2.26. The maximum atomic E-state index is 9.66. The summed E-state index contributed by atoms with van der Waals surface area (Å²) in [7, 11) is 0. The Balaban J connectivity index is 1.69. The molecule has 3 heterocycles. The Kier molecular flexibility index (Phi) is 4.31. The molecule has 1 aliphatic carbocycles. The first-order valence-corrected chi connectivity index (χ1v) is 8.90. The highest BCUT2D eigenvalue weighted by atomic mass is 35.5. The summed E-state index contributed by atoms with van der Waals surface area (Å²) in [6.45, 7) is 2.03. The molecule has 2 N–H and O–H groups in total. The first-order valence-electron chi connectivity index (χ1n) is 8.52. The normalized spacial score (nSPS) is 20.8. The van der Waals surface area contributed by atoms with Gasteiger partial charge in [-0.25, -0.2) is 14.5 Å². The van der Waals surface area contributed by atoms with E-state index >= 15 is 0 Å². The van der Waals surface area contributed by atoms with E-state index in [4.69, 9.17) is 16.7 Å². The predicted octanol–water partition coefficient (Wildman–Crippen LogP) is 3.47. The van der Waals surface area contributed by atoms with E-state index in [2.05, 4.69) is 15.3 Å². The molecule has 3 aromatic rings. The molecule has 4 rings (SSSR count). The number of hydrogen-bond acceptors (Lipinski definition) is 5. The minimum Gasteiger partial charge on any atom is -0.393 e. The number of halogens is 1. The number of fused-ring (bicyclic) bond motifs is 1. The van der Waals surface area contributed by atoms with Crippen LogP contribution in [0.15, 0.2) is 30.6 Å². The zero-order chi connectivity index (χ0) is 17.4. The van der Waals surface area contributed by atoms with E-state index in [0.717, 1.165) is 54.0 Å². The molecule has 0 unspecified atom stereocenters. The number of nitrogens with one attached hydrogen (secondary N) is 1. The van der Waals surface area contributed by atoms with E-state index in [0.29, 0.717) is 11.2 Å². The fourth-order valence-electron chi connectivity index (χ4n) is 3.38. The Bertz CT molecular complexity index is 902. The minimum absolute atomic E-state index is 0.160. The van der Waals surface area contributed by atoms with Gasteiger partial charge in [0.2, 0.25) is 0 Å². The fourth-order valence-corrected chi connectivity index (χ4v) is 3.55. The second kappa shape index (κ2) is 6.61. The van der Waals surface area contributed by atoms with Gasteiger partial charge in [-0.05, 0) is 56.4 Å². The Labute approximate surface area is 150 Å². The lowest BCUT2D eigenvalue weighted by molar-refractivity contribution is 0.126. The molecule has 7 heteroatoms. The largest absolute Gasteiger partial charge is 0.393 e. The van der Waals surface area contributed by atoms with Gasteiger partial charge < -0.3 is 10.4 Å². The summed E-state index contributed by atoms with van der Waals surface area (Å²) in [6.07, 6.45) is 6.91. The van der Waals surface area contributed by atoms with Gasteiger partial charge in [0.05, 0.1) is 18.0 Å². The maximum absolute atomic E-state index is 9.66. The maximum Gasteiger partial charge on any atom is 0.157 e. The van der Waals surface area contributed by atoms with Crippen molar-refractivity contribution in [2.75, 3.05) is 5.32 Å². The minimum atomic E-state index is -0.160. The molecule has 0 spiro atoms. The number of hydrogen-bond donors (Lipinski definition) is 2. The SMILES string of the molecule is Cc1cc(NC2CCC(O)CC2)nn2c(-c3ccnc(Cl)c3)cnc12. The number of imidazole rings is 1. The average Bonchev–Trinajstić information content (AvgIpc) is 3.01. The smallest absolute Gasteiger partial charge is 0.157 e. The summed E-state index contributed by atoms with van der Waals surface area (Å²) in [5.41, 5.74) is 3.69. The third-order valence-corrected chi connectivity index (χ3v) is 4.93. The molecule has 0 saturated heterocycles. The first kappa shape index (κ1) is 16.3. The summed E-state index contributed by atoms with van der Waals surface area (Å²) < 4.78 is 1.85. The van der Waals surface area contributed by atoms with Gasteiger partial charge in [0.15, 0.2) is 5.65 Å². The lowest BCUT2D eigenvalue weighted by atomic mass is 9.93. The number of pyridine rings is 1. The van der Waals surface area contributed by atoms with Gasteiger partial charge in [0.25, 0.3) is 0 Å². The molecule has 1 saturated carbocycles. The molecule has 0 radical (unpaired) electrons. The standard InChI is InChI=1S/C18H20ClN5O/c1-11-8-17(22-13-2-4-14(25)5-3-13)23-24-15(10-21-18(11)24)12-6-7-20-16(19)9-12/h6-10,13-14,25H,2-5H2,1H3,(H,22,23). The molecular weight excluding hydrogens is 338 g/mol. The first-order chi connectivity index (χ1) is 12.1. The average molecular weight is 358 g/mol. The van der Waals surface area contributed by atoms with E-state index in [9.17, 15) is 5.11 Å². The van der Waals surface area contributed by atoms with Crippen LogP contribution >= 0.6 is 11.6 Å². The van der Waals surface area contributed by atoms with Crippen molar-refractivity contribution >= 4 is 23.1 Å². The van der Waals surface area contributed by atoms with Crippen molar-refractivity contribution in [2.24, 2.45) is 0 Å². The summed E-state index contributed by atoms with van der Waals surface area (Å²) in [5.74, 6) is 0.825. The molecule has 25 heavy (non-hydrogen) atoms. The molecule has 0 aliphatic heterocycles. The fraction of sp³-hybridized carbons (Fsp3) is 0.389. The highest BCUT2D eigenvalue weighted by Crippen LogP contribution is 2.26. The van der Waals surface area contributed by atoms with Gasteiger partial charge in [-0.15, -0.1) is 5.10 Å². The van der Waals surface area contributed by atoms with Crippen LogP contribution < -0.4 is 5.32 Å². The zero-order valence-electron chi connectivity index (χ0n) is 14.0. The van der Waals surface area contributed by atoms with Gasteiger partial charge in [0, 0.05) is 17.8 Å².